The summed E-state index contributed by atoms with van der Waals surface area (Å²) in [6, 6.07) is 1.31. The molecule has 2 heterocycles. The first kappa shape index (κ1) is 21.9. The molecule has 10 nitrogen and oxygen atoms in total. The van der Waals surface area contributed by atoms with Crippen LogP contribution >= 0.6 is 11.8 Å². The molecule has 0 aliphatic carbocycles. The third kappa shape index (κ3) is 5.10. The highest BCUT2D eigenvalue weighted by atomic mass is 32.2. The smallest absolute Gasteiger partial charge is 0.303 e. The summed E-state index contributed by atoms with van der Waals surface area (Å²) in [5, 5.41) is 0.333. The molecule has 2 rings (SSSR count). The first-order valence-corrected chi connectivity index (χ1v) is 9.64. The van der Waals surface area contributed by atoms with Gasteiger partial charge in [-0.3, -0.25) is 23.7 Å². The summed E-state index contributed by atoms with van der Waals surface area (Å²) in [6.07, 6.45) is -2.79. The summed E-state index contributed by atoms with van der Waals surface area (Å²) in [5.41, 5.74) is 0.0892. The lowest BCUT2D eigenvalue weighted by Gasteiger charge is -2.41. The SMILES string of the molecule is CSc1nc(C)cc(=O)n1[C@@H]1OC[C@@H](OC(C)=O)[C@H](OC(C)=O)[C@H]1OC(C)=O. The van der Waals surface area contributed by atoms with Gasteiger partial charge in [0, 0.05) is 32.5 Å². The largest absolute Gasteiger partial charge is 0.456 e. The van der Waals surface area contributed by atoms with Crippen molar-refractivity contribution in [3.05, 3.63) is 22.1 Å². The Hall–Kier alpha value is -2.40. The second-order valence-corrected chi connectivity index (χ2v) is 6.89. The maximum absolute atomic E-state index is 12.6. The molecule has 1 aromatic heterocycles. The summed E-state index contributed by atoms with van der Waals surface area (Å²) < 4.78 is 22.8. The topological polar surface area (TPSA) is 123 Å². The Morgan fingerprint density at radius 1 is 1.11 bits per heavy atom. The van der Waals surface area contributed by atoms with Crippen molar-refractivity contribution in [1.29, 1.82) is 0 Å². The number of aryl methyl sites for hydroxylation is 1. The van der Waals surface area contributed by atoms with E-state index in [1.54, 1.807) is 13.2 Å². The number of carbonyl (C=O) groups excluding carboxylic acids is 3. The minimum atomic E-state index is -1.23. The Labute approximate surface area is 165 Å². The van der Waals surface area contributed by atoms with Crippen LogP contribution in [0.5, 0.6) is 0 Å². The van der Waals surface area contributed by atoms with Crippen LogP contribution in [0.15, 0.2) is 16.0 Å². The summed E-state index contributed by atoms with van der Waals surface area (Å²) in [6.45, 7) is 5.04. The van der Waals surface area contributed by atoms with Crippen LogP contribution in [0.4, 0.5) is 0 Å². The molecule has 1 saturated heterocycles. The molecule has 1 aliphatic heterocycles. The number of hydrogen-bond donors (Lipinski definition) is 0. The lowest BCUT2D eigenvalue weighted by atomic mass is 10.0. The summed E-state index contributed by atoms with van der Waals surface area (Å²) in [5.74, 6) is -1.97. The van der Waals surface area contributed by atoms with Gasteiger partial charge in [-0.2, -0.15) is 0 Å². The molecule has 0 aromatic carbocycles. The Balaban J connectivity index is 2.55. The molecule has 1 aromatic rings. The number of aromatic nitrogens is 2. The average molecular weight is 414 g/mol. The van der Waals surface area contributed by atoms with E-state index in [1.807, 2.05) is 0 Å². The predicted octanol–water partition coefficient (Wildman–Crippen LogP) is 0.598. The van der Waals surface area contributed by atoms with Crippen molar-refractivity contribution in [3.63, 3.8) is 0 Å². The van der Waals surface area contributed by atoms with Crippen LogP contribution in [0.3, 0.4) is 0 Å². The molecule has 4 atom stereocenters. The number of esters is 3. The van der Waals surface area contributed by atoms with Crippen LogP contribution in [0.2, 0.25) is 0 Å². The van der Waals surface area contributed by atoms with Gasteiger partial charge in [0.05, 0.1) is 6.61 Å². The van der Waals surface area contributed by atoms with Gasteiger partial charge in [0.25, 0.3) is 5.56 Å². The second kappa shape index (κ2) is 9.20. The predicted molar refractivity (Wildman–Crippen MR) is 96.7 cm³/mol. The Kier molecular flexibility index (Phi) is 7.19. The van der Waals surface area contributed by atoms with Gasteiger partial charge in [-0.15, -0.1) is 0 Å². The summed E-state index contributed by atoms with van der Waals surface area (Å²) in [4.78, 5) is 51.7. The third-order valence-electron chi connectivity index (χ3n) is 3.81. The summed E-state index contributed by atoms with van der Waals surface area (Å²) in [7, 11) is 0. The zero-order valence-corrected chi connectivity index (χ0v) is 17.0. The van der Waals surface area contributed by atoms with E-state index in [1.165, 1.54) is 43.2 Å². The van der Waals surface area contributed by atoms with Crippen molar-refractivity contribution < 1.29 is 33.3 Å². The molecule has 0 unspecified atom stereocenters. The van der Waals surface area contributed by atoms with Crippen LogP contribution in [0, 0.1) is 6.92 Å². The van der Waals surface area contributed by atoms with Crippen LogP contribution in [0.1, 0.15) is 32.7 Å². The Bertz CT molecular complexity index is 824. The van der Waals surface area contributed by atoms with Crippen LogP contribution in [-0.2, 0) is 33.3 Å². The Morgan fingerprint density at radius 3 is 2.21 bits per heavy atom. The quantitative estimate of drug-likeness (QED) is 0.293. The highest BCUT2D eigenvalue weighted by molar-refractivity contribution is 7.98. The molecular weight excluding hydrogens is 392 g/mol. The van der Waals surface area contributed by atoms with E-state index in [9.17, 15) is 19.2 Å². The first-order chi connectivity index (χ1) is 13.1. The van der Waals surface area contributed by atoms with Crippen LogP contribution in [-0.4, -0.2) is 58.6 Å². The molecular formula is C17H22N2O8S. The number of thioether (sulfide) groups is 1. The first-order valence-electron chi connectivity index (χ1n) is 8.41. The average Bonchev–Trinajstić information content (AvgIpc) is 2.56. The minimum absolute atomic E-state index is 0.173. The maximum Gasteiger partial charge on any atom is 0.303 e. The molecule has 0 radical (unpaired) electrons. The van der Waals surface area contributed by atoms with Gasteiger partial charge >= 0.3 is 17.9 Å². The molecule has 28 heavy (non-hydrogen) atoms. The van der Waals surface area contributed by atoms with Crippen molar-refractivity contribution in [2.75, 3.05) is 12.9 Å². The van der Waals surface area contributed by atoms with Gasteiger partial charge in [-0.1, -0.05) is 11.8 Å². The number of carbonyl (C=O) groups is 3. The van der Waals surface area contributed by atoms with Crippen molar-refractivity contribution in [1.82, 2.24) is 9.55 Å². The Morgan fingerprint density at radius 2 is 1.68 bits per heavy atom. The number of rotatable bonds is 5. The molecule has 0 spiro atoms. The number of hydrogen-bond acceptors (Lipinski definition) is 10. The molecule has 0 amide bonds. The maximum atomic E-state index is 12.6. The van der Waals surface area contributed by atoms with Crippen LogP contribution in [0.25, 0.3) is 0 Å². The molecule has 0 N–H and O–H groups in total. The molecule has 154 valence electrons. The van der Waals surface area contributed by atoms with Gasteiger partial charge in [-0.05, 0) is 13.2 Å². The van der Waals surface area contributed by atoms with Gasteiger partial charge in [-0.25, -0.2) is 4.98 Å². The molecule has 0 bridgehead atoms. The van der Waals surface area contributed by atoms with Crippen molar-refractivity contribution in [2.24, 2.45) is 0 Å². The fourth-order valence-electron chi connectivity index (χ4n) is 2.90. The van der Waals surface area contributed by atoms with Gasteiger partial charge in [0.1, 0.15) is 0 Å². The van der Waals surface area contributed by atoms with E-state index in [4.69, 9.17) is 18.9 Å². The lowest BCUT2D eigenvalue weighted by Crippen LogP contribution is -2.56. The van der Waals surface area contributed by atoms with Crippen LogP contribution < -0.4 is 5.56 Å². The van der Waals surface area contributed by atoms with Gasteiger partial charge in [0.2, 0.25) is 0 Å². The van der Waals surface area contributed by atoms with Gasteiger partial charge < -0.3 is 18.9 Å². The van der Waals surface area contributed by atoms with E-state index >= 15 is 0 Å². The zero-order valence-electron chi connectivity index (χ0n) is 16.2. The zero-order chi connectivity index (χ0) is 21.0. The third-order valence-corrected chi connectivity index (χ3v) is 4.46. The van der Waals surface area contributed by atoms with E-state index < -0.39 is 48.0 Å². The molecule has 1 fully saturated rings. The highest BCUT2D eigenvalue weighted by Gasteiger charge is 2.48. The number of ether oxygens (including phenoxy) is 4. The minimum Gasteiger partial charge on any atom is -0.456 e. The van der Waals surface area contributed by atoms with E-state index in [0.29, 0.717) is 10.9 Å². The molecule has 11 heteroatoms. The fourth-order valence-corrected chi connectivity index (χ4v) is 3.53. The normalized spacial score (nSPS) is 24.3. The van der Waals surface area contributed by atoms with Crippen molar-refractivity contribution in [3.8, 4) is 0 Å². The standard InChI is InChI=1S/C17H22N2O8S/c1-8-6-13(23)19(17(18-8)28-5)16-15(27-11(4)22)14(26-10(3)21)12(7-24-16)25-9(2)20/h6,12,14-16H,7H2,1-5H3/t12-,14+,15-,16-/m1/s1. The van der Waals surface area contributed by atoms with E-state index in [2.05, 4.69) is 4.98 Å². The summed E-state index contributed by atoms with van der Waals surface area (Å²) >= 11 is 1.20. The van der Waals surface area contributed by atoms with Gasteiger partial charge in [0.15, 0.2) is 29.7 Å². The lowest BCUT2D eigenvalue weighted by molar-refractivity contribution is -0.241. The second-order valence-electron chi connectivity index (χ2n) is 6.11. The monoisotopic (exact) mass is 414 g/mol. The van der Waals surface area contributed by atoms with Crippen molar-refractivity contribution >= 4 is 29.7 Å². The fraction of sp³-hybridized carbons (Fsp3) is 0.588. The molecule has 1 aliphatic rings. The molecule has 0 saturated carbocycles. The van der Waals surface area contributed by atoms with E-state index in [-0.39, 0.29) is 6.61 Å². The van der Waals surface area contributed by atoms with E-state index in [0.717, 1.165) is 0 Å². The number of nitrogens with zero attached hydrogens (tertiary/aromatic N) is 2. The highest BCUT2D eigenvalue weighted by Crippen LogP contribution is 2.32. The van der Waals surface area contributed by atoms with Crippen molar-refractivity contribution in [2.45, 2.75) is 57.4 Å².